The number of amides is 1. The molecule has 1 fully saturated rings. The van der Waals surface area contributed by atoms with Gasteiger partial charge in [-0.05, 0) is 43.5 Å². The molecule has 4 rings (SSSR count). The Morgan fingerprint density at radius 1 is 0.971 bits per heavy atom. The van der Waals surface area contributed by atoms with E-state index >= 15 is 0 Å². The molecule has 180 valence electrons. The highest BCUT2D eigenvalue weighted by Gasteiger charge is 2.20. The van der Waals surface area contributed by atoms with Gasteiger partial charge >= 0.3 is 0 Å². The van der Waals surface area contributed by atoms with Crippen LogP contribution in [0.1, 0.15) is 62.0 Å². The molecule has 0 radical (unpaired) electrons. The molecule has 1 atom stereocenters. The molecule has 1 aromatic heterocycles. The maximum absolute atomic E-state index is 12.9. The van der Waals surface area contributed by atoms with Gasteiger partial charge in [0.1, 0.15) is 5.82 Å². The first-order valence-electron chi connectivity index (χ1n) is 12.4. The number of carbonyl (C=O) groups is 1. The minimum atomic E-state index is 0.0270. The van der Waals surface area contributed by atoms with Gasteiger partial charge in [-0.3, -0.25) is 9.69 Å². The van der Waals surface area contributed by atoms with Crippen molar-refractivity contribution in [2.45, 2.75) is 63.3 Å². The Hall–Kier alpha value is -2.64. The fourth-order valence-corrected chi connectivity index (χ4v) is 5.22. The van der Waals surface area contributed by atoms with Gasteiger partial charge in [0.15, 0.2) is 5.16 Å². The third kappa shape index (κ3) is 6.93. The van der Waals surface area contributed by atoms with Gasteiger partial charge in [-0.2, -0.15) is 0 Å². The SMILES string of the molecule is CCCC(NC(=O)CSc1nnc(CN2CCCCC2)n1Cc1ccccc1)c1ccccc1. The molecule has 34 heavy (non-hydrogen) atoms. The van der Waals surface area contributed by atoms with Gasteiger partial charge in [0.2, 0.25) is 5.91 Å². The topological polar surface area (TPSA) is 63.1 Å². The van der Waals surface area contributed by atoms with Crippen LogP contribution in [0.5, 0.6) is 0 Å². The lowest BCUT2D eigenvalue weighted by atomic mass is 10.0. The van der Waals surface area contributed by atoms with Crippen molar-refractivity contribution in [2.24, 2.45) is 0 Å². The number of hydrogen-bond acceptors (Lipinski definition) is 5. The van der Waals surface area contributed by atoms with Gasteiger partial charge in [0, 0.05) is 0 Å². The molecule has 1 aliphatic heterocycles. The summed E-state index contributed by atoms with van der Waals surface area (Å²) in [7, 11) is 0. The van der Waals surface area contributed by atoms with Crippen LogP contribution < -0.4 is 5.32 Å². The number of hydrogen-bond donors (Lipinski definition) is 1. The number of rotatable bonds is 11. The van der Waals surface area contributed by atoms with Crippen LogP contribution in [-0.4, -0.2) is 44.4 Å². The molecule has 2 aromatic carbocycles. The smallest absolute Gasteiger partial charge is 0.230 e. The van der Waals surface area contributed by atoms with Gasteiger partial charge in [-0.25, -0.2) is 0 Å². The molecule has 0 aliphatic carbocycles. The summed E-state index contributed by atoms with van der Waals surface area (Å²) in [5.41, 5.74) is 2.36. The Balaban J connectivity index is 1.44. The lowest BCUT2D eigenvalue weighted by Crippen LogP contribution is -2.30. The van der Waals surface area contributed by atoms with Gasteiger partial charge in [0.25, 0.3) is 0 Å². The Morgan fingerprint density at radius 3 is 2.38 bits per heavy atom. The largest absolute Gasteiger partial charge is 0.349 e. The minimum absolute atomic E-state index is 0.0270. The van der Waals surface area contributed by atoms with E-state index in [1.807, 2.05) is 24.3 Å². The predicted molar refractivity (Wildman–Crippen MR) is 138 cm³/mol. The van der Waals surface area contributed by atoms with Crippen molar-refractivity contribution >= 4 is 17.7 Å². The number of likely N-dealkylation sites (tertiary alicyclic amines) is 1. The number of benzene rings is 2. The van der Waals surface area contributed by atoms with E-state index in [4.69, 9.17) is 0 Å². The number of carbonyl (C=O) groups excluding carboxylic acids is 1. The van der Waals surface area contributed by atoms with Crippen LogP contribution in [0.3, 0.4) is 0 Å². The lowest BCUT2D eigenvalue weighted by Gasteiger charge is -2.26. The number of piperidine rings is 1. The van der Waals surface area contributed by atoms with E-state index in [1.54, 1.807) is 0 Å². The number of thioether (sulfide) groups is 1. The summed E-state index contributed by atoms with van der Waals surface area (Å²) < 4.78 is 2.18. The summed E-state index contributed by atoms with van der Waals surface area (Å²) in [4.78, 5) is 15.3. The molecule has 1 aliphatic rings. The summed E-state index contributed by atoms with van der Waals surface area (Å²) in [5, 5.41) is 13.1. The quantitative estimate of drug-likeness (QED) is 0.391. The van der Waals surface area contributed by atoms with Crippen molar-refractivity contribution in [2.75, 3.05) is 18.8 Å². The summed E-state index contributed by atoms with van der Waals surface area (Å²) in [6, 6.07) is 20.6. The van der Waals surface area contributed by atoms with Crippen LogP contribution >= 0.6 is 11.8 Å². The van der Waals surface area contributed by atoms with Gasteiger partial charge < -0.3 is 9.88 Å². The zero-order valence-corrected chi connectivity index (χ0v) is 20.8. The predicted octanol–water partition coefficient (Wildman–Crippen LogP) is 5.06. The van der Waals surface area contributed by atoms with E-state index < -0.39 is 0 Å². The van der Waals surface area contributed by atoms with Crippen molar-refractivity contribution < 1.29 is 4.79 Å². The first-order chi connectivity index (χ1) is 16.7. The van der Waals surface area contributed by atoms with Gasteiger partial charge in [-0.15, -0.1) is 10.2 Å². The van der Waals surface area contributed by atoms with E-state index in [-0.39, 0.29) is 11.9 Å². The first-order valence-corrected chi connectivity index (χ1v) is 13.4. The number of aromatic nitrogens is 3. The second-order valence-corrected chi connectivity index (χ2v) is 9.86. The Labute approximate surface area is 207 Å². The molecule has 3 aromatic rings. The number of nitrogens with one attached hydrogen (secondary N) is 1. The summed E-state index contributed by atoms with van der Waals surface area (Å²) in [6.07, 6.45) is 5.73. The third-order valence-electron chi connectivity index (χ3n) is 6.24. The molecule has 6 nitrogen and oxygen atoms in total. The van der Waals surface area contributed by atoms with Crippen molar-refractivity contribution in [1.29, 1.82) is 0 Å². The van der Waals surface area contributed by atoms with E-state index in [2.05, 4.69) is 68.3 Å². The molecule has 1 saturated heterocycles. The molecular weight excluding hydrogens is 442 g/mol. The highest BCUT2D eigenvalue weighted by molar-refractivity contribution is 7.99. The van der Waals surface area contributed by atoms with Gasteiger partial charge in [-0.1, -0.05) is 92.2 Å². The normalized spacial score (nSPS) is 15.2. The van der Waals surface area contributed by atoms with Crippen LogP contribution in [0.15, 0.2) is 65.8 Å². The van der Waals surface area contributed by atoms with Crippen LogP contribution in [-0.2, 0) is 17.9 Å². The highest BCUT2D eigenvalue weighted by Crippen LogP contribution is 2.22. The average Bonchev–Trinajstić information content (AvgIpc) is 3.25. The summed E-state index contributed by atoms with van der Waals surface area (Å²) >= 11 is 1.47. The minimum Gasteiger partial charge on any atom is -0.349 e. The molecule has 2 heterocycles. The van der Waals surface area contributed by atoms with Crippen LogP contribution in [0.2, 0.25) is 0 Å². The van der Waals surface area contributed by atoms with E-state index in [1.165, 1.54) is 36.6 Å². The fourth-order valence-electron chi connectivity index (χ4n) is 4.45. The average molecular weight is 478 g/mol. The zero-order chi connectivity index (χ0) is 23.6. The van der Waals surface area contributed by atoms with E-state index in [9.17, 15) is 4.79 Å². The van der Waals surface area contributed by atoms with Crippen molar-refractivity contribution in [3.63, 3.8) is 0 Å². The molecule has 1 amide bonds. The highest BCUT2D eigenvalue weighted by atomic mass is 32.2. The van der Waals surface area contributed by atoms with Gasteiger partial charge in [0.05, 0.1) is 24.9 Å². The molecule has 0 saturated carbocycles. The fraction of sp³-hybridized carbons (Fsp3) is 0.444. The van der Waals surface area contributed by atoms with E-state index in [0.29, 0.717) is 12.3 Å². The number of nitrogens with zero attached hydrogens (tertiary/aromatic N) is 4. The Bertz CT molecular complexity index is 1020. The standard InChI is InChI=1S/C27H35N5OS/c1-2-12-24(23-15-8-4-9-16-23)28-26(33)21-34-27-30-29-25(20-31-17-10-5-11-18-31)32(27)19-22-13-6-3-7-14-22/h3-4,6-9,13-16,24H,2,5,10-12,17-21H2,1H3,(H,28,33). The van der Waals surface area contributed by atoms with E-state index in [0.717, 1.165) is 49.0 Å². The molecule has 1 unspecified atom stereocenters. The monoisotopic (exact) mass is 477 g/mol. The molecule has 7 heteroatoms. The van der Waals surface area contributed by atoms with Crippen LogP contribution in [0, 0.1) is 0 Å². The Morgan fingerprint density at radius 2 is 1.68 bits per heavy atom. The van der Waals surface area contributed by atoms with Crippen LogP contribution in [0.25, 0.3) is 0 Å². The second-order valence-electron chi connectivity index (χ2n) is 8.92. The lowest BCUT2D eigenvalue weighted by molar-refractivity contribution is -0.119. The van der Waals surface area contributed by atoms with Crippen LogP contribution in [0.4, 0.5) is 0 Å². The molecule has 0 spiro atoms. The summed E-state index contributed by atoms with van der Waals surface area (Å²) in [5.74, 6) is 1.32. The molecule has 1 N–H and O–H groups in total. The maximum atomic E-state index is 12.9. The molecule has 0 bridgehead atoms. The second kappa shape index (κ2) is 12.7. The van der Waals surface area contributed by atoms with Crippen molar-refractivity contribution in [3.05, 3.63) is 77.6 Å². The Kier molecular flexibility index (Phi) is 9.16. The van der Waals surface area contributed by atoms with Crippen molar-refractivity contribution in [3.8, 4) is 0 Å². The molecular formula is C27H35N5OS. The zero-order valence-electron chi connectivity index (χ0n) is 20.0. The third-order valence-corrected chi connectivity index (χ3v) is 7.20. The first kappa shape index (κ1) is 24.5. The summed E-state index contributed by atoms with van der Waals surface area (Å²) in [6.45, 7) is 5.89. The maximum Gasteiger partial charge on any atom is 0.230 e. The van der Waals surface area contributed by atoms with Crippen molar-refractivity contribution in [1.82, 2.24) is 25.0 Å².